The van der Waals surface area contributed by atoms with E-state index in [1.54, 1.807) is 11.0 Å². The molecule has 1 aliphatic rings. The minimum Gasteiger partial charge on any atom is -0.439 e. The van der Waals surface area contributed by atoms with Crippen molar-refractivity contribution in [2.24, 2.45) is 0 Å². The van der Waals surface area contributed by atoms with Gasteiger partial charge >= 0.3 is 0 Å². The third kappa shape index (κ3) is 2.79. The number of rotatable bonds is 3. The molecule has 1 aliphatic carbocycles. The van der Waals surface area contributed by atoms with Gasteiger partial charge in [-0.3, -0.25) is 0 Å². The molecule has 1 aromatic carbocycles. The van der Waals surface area contributed by atoms with E-state index in [1.807, 2.05) is 31.2 Å². The standard InChI is InChI=1S/C17H17N5O/c1-12-20-16-5-3-2-4-15(16)17(21-12)23-14-8-6-13(7-9-14)22-11-18-10-19-22/h6-11H,2-5H2,1H3. The minimum atomic E-state index is 0.695. The average molecular weight is 307 g/mol. The van der Waals surface area contributed by atoms with Crippen LogP contribution < -0.4 is 4.74 Å². The molecule has 4 rings (SSSR count). The maximum atomic E-state index is 6.03. The summed E-state index contributed by atoms with van der Waals surface area (Å²) >= 11 is 0. The van der Waals surface area contributed by atoms with Crippen LogP contribution in [-0.4, -0.2) is 24.7 Å². The van der Waals surface area contributed by atoms with Crippen LogP contribution in [0.4, 0.5) is 0 Å². The lowest BCUT2D eigenvalue weighted by molar-refractivity contribution is 0.444. The van der Waals surface area contributed by atoms with Crippen LogP contribution >= 0.6 is 0 Å². The second-order valence-electron chi connectivity index (χ2n) is 5.64. The van der Waals surface area contributed by atoms with Crippen LogP contribution in [0.2, 0.25) is 0 Å². The second kappa shape index (κ2) is 5.79. The number of fused-ring (bicyclic) bond motifs is 1. The minimum absolute atomic E-state index is 0.695. The smallest absolute Gasteiger partial charge is 0.225 e. The lowest BCUT2D eigenvalue weighted by atomic mass is 9.97. The molecule has 2 heterocycles. The first-order chi connectivity index (χ1) is 11.3. The van der Waals surface area contributed by atoms with E-state index in [2.05, 4.69) is 20.1 Å². The normalized spacial score (nSPS) is 13.6. The van der Waals surface area contributed by atoms with Crippen molar-refractivity contribution in [1.82, 2.24) is 24.7 Å². The maximum Gasteiger partial charge on any atom is 0.225 e. The molecular formula is C17H17N5O. The van der Waals surface area contributed by atoms with Crippen molar-refractivity contribution in [1.29, 1.82) is 0 Å². The third-order valence-electron chi connectivity index (χ3n) is 3.99. The van der Waals surface area contributed by atoms with Gasteiger partial charge in [0.2, 0.25) is 5.88 Å². The molecular weight excluding hydrogens is 290 g/mol. The molecule has 23 heavy (non-hydrogen) atoms. The van der Waals surface area contributed by atoms with E-state index < -0.39 is 0 Å². The molecule has 0 saturated carbocycles. The molecule has 0 atom stereocenters. The summed E-state index contributed by atoms with van der Waals surface area (Å²) in [5.41, 5.74) is 3.23. The Morgan fingerprint density at radius 2 is 1.87 bits per heavy atom. The van der Waals surface area contributed by atoms with Crippen molar-refractivity contribution in [2.45, 2.75) is 32.6 Å². The number of aromatic nitrogens is 5. The molecule has 0 saturated heterocycles. The monoisotopic (exact) mass is 307 g/mol. The molecule has 0 aliphatic heterocycles. The highest BCUT2D eigenvalue weighted by molar-refractivity contribution is 5.40. The summed E-state index contributed by atoms with van der Waals surface area (Å²) < 4.78 is 7.74. The molecule has 0 amide bonds. The van der Waals surface area contributed by atoms with E-state index in [0.29, 0.717) is 5.88 Å². The summed E-state index contributed by atoms with van der Waals surface area (Å²) in [6.45, 7) is 1.91. The quantitative estimate of drug-likeness (QED) is 0.744. The number of nitrogens with zero attached hydrogens (tertiary/aromatic N) is 5. The zero-order valence-electron chi connectivity index (χ0n) is 12.9. The van der Waals surface area contributed by atoms with Gasteiger partial charge in [-0.1, -0.05) is 0 Å². The third-order valence-corrected chi connectivity index (χ3v) is 3.99. The lowest BCUT2D eigenvalue weighted by Crippen LogP contribution is -2.10. The fourth-order valence-corrected chi connectivity index (χ4v) is 2.88. The highest BCUT2D eigenvalue weighted by atomic mass is 16.5. The van der Waals surface area contributed by atoms with Crippen LogP contribution in [0, 0.1) is 6.92 Å². The Bertz CT molecular complexity index is 812. The Morgan fingerprint density at radius 3 is 2.65 bits per heavy atom. The molecule has 0 bridgehead atoms. The van der Waals surface area contributed by atoms with Crippen molar-refractivity contribution in [3.8, 4) is 17.3 Å². The van der Waals surface area contributed by atoms with Crippen molar-refractivity contribution in [2.75, 3.05) is 0 Å². The van der Waals surface area contributed by atoms with E-state index in [-0.39, 0.29) is 0 Å². The van der Waals surface area contributed by atoms with Gasteiger partial charge in [-0.05, 0) is 56.9 Å². The van der Waals surface area contributed by atoms with E-state index in [4.69, 9.17) is 4.74 Å². The Kier molecular flexibility index (Phi) is 3.49. The first-order valence-electron chi connectivity index (χ1n) is 7.79. The molecule has 0 radical (unpaired) electrons. The summed E-state index contributed by atoms with van der Waals surface area (Å²) in [7, 11) is 0. The number of hydrogen-bond acceptors (Lipinski definition) is 5. The highest BCUT2D eigenvalue weighted by Gasteiger charge is 2.18. The number of hydrogen-bond donors (Lipinski definition) is 0. The van der Waals surface area contributed by atoms with E-state index in [1.165, 1.54) is 19.2 Å². The van der Waals surface area contributed by atoms with Gasteiger partial charge < -0.3 is 4.74 Å². The SMILES string of the molecule is Cc1nc2c(c(Oc3ccc(-n4cncn4)cc3)n1)CCCC2. The summed E-state index contributed by atoms with van der Waals surface area (Å²) in [4.78, 5) is 13.0. The van der Waals surface area contributed by atoms with Crippen LogP contribution in [0.3, 0.4) is 0 Å². The zero-order chi connectivity index (χ0) is 15.6. The van der Waals surface area contributed by atoms with Gasteiger partial charge in [-0.25, -0.2) is 14.6 Å². The van der Waals surface area contributed by atoms with Gasteiger partial charge in [0.1, 0.15) is 24.2 Å². The predicted octanol–water partition coefficient (Wildman–Crippen LogP) is 3.04. The largest absolute Gasteiger partial charge is 0.439 e. The molecule has 3 aromatic rings. The number of ether oxygens (including phenoxy) is 1. The van der Waals surface area contributed by atoms with Crippen molar-refractivity contribution in [3.63, 3.8) is 0 Å². The molecule has 0 spiro atoms. The highest BCUT2D eigenvalue weighted by Crippen LogP contribution is 2.30. The fourth-order valence-electron chi connectivity index (χ4n) is 2.88. The Morgan fingerprint density at radius 1 is 1.04 bits per heavy atom. The molecule has 116 valence electrons. The van der Waals surface area contributed by atoms with Gasteiger partial charge in [0, 0.05) is 5.56 Å². The van der Waals surface area contributed by atoms with Gasteiger partial charge in [-0.15, -0.1) is 0 Å². The van der Waals surface area contributed by atoms with Crippen molar-refractivity contribution >= 4 is 0 Å². The van der Waals surface area contributed by atoms with E-state index >= 15 is 0 Å². The van der Waals surface area contributed by atoms with Gasteiger partial charge in [0.15, 0.2) is 0 Å². The summed E-state index contributed by atoms with van der Waals surface area (Å²) in [5.74, 6) is 2.22. The number of aryl methyl sites for hydroxylation is 2. The summed E-state index contributed by atoms with van der Waals surface area (Å²) in [6, 6.07) is 7.74. The first kappa shape index (κ1) is 13.9. The molecule has 0 unspecified atom stereocenters. The topological polar surface area (TPSA) is 65.7 Å². The zero-order valence-corrected chi connectivity index (χ0v) is 12.9. The van der Waals surface area contributed by atoms with E-state index in [9.17, 15) is 0 Å². The molecule has 0 fully saturated rings. The van der Waals surface area contributed by atoms with Gasteiger partial charge in [-0.2, -0.15) is 10.1 Å². The van der Waals surface area contributed by atoms with Crippen LogP contribution in [0.1, 0.15) is 29.9 Å². The summed E-state index contributed by atoms with van der Waals surface area (Å²) in [5, 5.41) is 4.11. The summed E-state index contributed by atoms with van der Waals surface area (Å²) in [6.07, 6.45) is 7.54. The van der Waals surface area contributed by atoms with Gasteiger partial charge in [0.25, 0.3) is 0 Å². The van der Waals surface area contributed by atoms with Gasteiger partial charge in [0.05, 0.1) is 11.4 Å². The van der Waals surface area contributed by atoms with Crippen molar-refractivity contribution < 1.29 is 4.74 Å². The van der Waals surface area contributed by atoms with Crippen LogP contribution in [0.5, 0.6) is 11.6 Å². The second-order valence-corrected chi connectivity index (χ2v) is 5.64. The Balaban J connectivity index is 1.62. The molecule has 2 aromatic heterocycles. The van der Waals surface area contributed by atoms with Crippen LogP contribution in [0.15, 0.2) is 36.9 Å². The van der Waals surface area contributed by atoms with Crippen molar-refractivity contribution in [3.05, 3.63) is 54.0 Å². The Labute approximate surface area is 134 Å². The predicted molar refractivity (Wildman–Crippen MR) is 84.8 cm³/mol. The lowest BCUT2D eigenvalue weighted by Gasteiger charge is -2.18. The molecule has 6 heteroatoms. The van der Waals surface area contributed by atoms with E-state index in [0.717, 1.165) is 41.4 Å². The Hall–Kier alpha value is -2.76. The average Bonchev–Trinajstić information content (AvgIpc) is 3.10. The van der Waals surface area contributed by atoms with Crippen LogP contribution in [-0.2, 0) is 12.8 Å². The molecule has 0 N–H and O–H groups in total. The van der Waals surface area contributed by atoms with Crippen LogP contribution in [0.25, 0.3) is 5.69 Å². The number of benzene rings is 1. The maximum absolute atomic E-state index is 6.03. The molecule has 6 nitrogen and oxygen atoms in total. The first-order valence-corrected chi connectivity index (χ1v) is 7.79. The fraction of sp³-hybridized carbons (Fsp3) is 0.294.